The Bertz CT molecular complexity index is 405. The predicted molar refractivity (Wildman–Crippen MR) is 80.1 cm³/mol. The highest BCUT2D eigenvalue weighted by Crippen LogP contribution is 2.18. The molecule has 0 bridgehead atoms. The number of aliphatic hydroxyl groups is 2. The summed E-state index contributed by atoms with van der Waals surface area (Å²) in [6.45, 7) is 3.68. The molecule has 0 aromatic rings. The molecule has 0 aromatic heterocycles. The first-order valence-electron chi connectivity index (χ1n) is 7.70. The second-order valence-electron chi connectivity index (χ2n) is 5.92. The van der Waals surface area contributed by atoms with Crippen molar-refractivity contribution in [2.75, 3.05) is 19.7 Å². The molecule has 1 saturated heterocycles. The van der Waals surface area contributed by atoms with Crippen LogP contribution in [0.1, 0.15) is 33.1 Å². The number of ketones is 2. The number of amides is 1. The van der Waals surface area contributed by atoms with Crippen molar-refractivity contribution >= 4 is 17.5 Å². The molecule has 1 amide bonds. The summed E-state index contributed by atoms with van der Waals surface area (Å²) in [5, 5.41) is 24.4. The van der Waals surface area contributed by atoms with Crippen LogP contribution in [0.25, 0.3) is 0 Å². The molecule has 1 fully saturated rings. The van der Waals surface area contributed by atoms with Crippen LogP contribution >= 0.6 is 0 Å². The van der Waals surface area contributed by atoms with E-state index in [-0.39, 0.29) is 23.9 Å². The Labute approximate surface area is 130 Å². The van der Waals surface area contributed by atoms with Gasteiger partial charge in [0.25, 0.3) is 0 Å². The van der Waals surface area contributed by atoms with E-state index in [0.29, 0.717) is 6.54 Å². The fourth-order valence-electron chi connectivity index (χ4n) is 2.55. The van der Waals surface area contributed by atoms with Crippen LogP contribution in [0.5, 0.6) is 0 Å². The van der Waals surface area contributed by atoms with Gasteiger partial charge in [-0.05, 0) is 33.2 Å². The van der Waals surface area contributed by atoms with Crippen molar-refractivity contribution in [2.45, 2.75) is 45.3 Å². The van der Waals surface area contributed by atoms with Gasteiger partial charge in [-0.15, -0.1) is 0 Å². The summed E-state index contributed by atoms with van der Waals surface area (Å²) in [6, 6.07) is -1.000. The second kappa shape index (κ2) is 8.97. The maximum Gasteiger partial charge on any atom is 0.226 e. The molecule has 7 nitrogen and oxygen atoms in total. The van der Waals surface area contributed by atoms with Crippen LogP contribution in [0.4, 0.5) is 0 Å². The summed E-state index contributed by atoms with van der Waals surface area (Å²) in [5.41, 5.74) is 0. The Morgan fingerprint density at radius 2 is 2.05 bits per heavy atom. The van der Waals surface area contributed by atoms with Crippen LogP contribution in [0.15, 0.2) is 0 Å². The number of nitrogens with one attached hydrogen (secondary N) is 2. The Balaban J connectivity index is 2.65. The third-order valence-corrected chi connectivity index (χ3v) is 4.08. The van der Waals surface area contributed by atoms with E-state index in [1.165, 1.54) is 13.8 Å². The minimum absolute atomic E-state index is 0.0587. The molecule has 4 N–H and O–H groups in total. The van der Waals surface area contributed by atoms with Crippen LogP contribution in [0.2, 0.25) is 0 Å². The third kappa shape index (κ3) is 5.47. The zero-order valence-electron chi connectivity index (χ0n) is 13.2. The summed E-state index contributed by atoms with van der Waals surface area (Å²) >= 11 is 0. The lowest BCUT2D eigenvalue weighted by molar-refractivity contribution is -0.136. The largest absolute Gasteiger partial charge is 0.394 e. The Kier molecular flexibility index (Phi) is 7.64. The van der Waals surface area contributed by atoms with Gasteiger partial charge in [0.05, 0.1) is 18.6 Å². The maximum absolute atomic E-state index is 12.3. The second-order valence-corrected chi connectivity index (χ2v) is 5.92. The van der Waals surface area contributed by atoms with Gasteiger partial charge in [0, 0.05) is 18.9 Å². The van der Waals surface area contributed by atoms with E-state index < -0.39 is 30.6 Å². The first-order valence-corrected chi connectivity index (χ1v) is 7.70. The summed E-state index contributed by atoms with van der Waals surface area (Å²) < 4.78 is 0. The standard InChI is InChI=1S/C15H26N2O5/c1-9(19)12(15(22)17-13(8-18)10(2)20)6-14(21)11-4-3-5-16-7-11/h9,11-13,16,18-19H,3-8H2,1-2H3,(H,17,22)/t9-,11-,12-,13+/m0/s1. The van der Waals surface area contributed by atoms with Gasteiger partial charge < -0.3 is 20.8 Å². The van der Waals surface area contributed by atoms with Crippen molar-refractivity contribution in [3.05, 3.63) is 0 Å². The summed E-state index contributed by atoms with van der Waals surface area (Å²) in [5.74, 6) is -2.06. The third-order valence-electron chi connectivity index (χ3n) is 4.08. The van der Waals surface area contributed by atoms with Gasteiger partial charge in [0.2, 0.25) is 5.91 Å². The van der Waals surface area contributed by atoms with Gasteiger partial charge in [0.15, 0.2) is 5.78 Å². The molecule has 0 unspecified atom stereocenters. The van der Waals surface area contributed by atoms with E-state index in [0.717, 1.165) is 19.4 Å². The van der Waals surface area contributed by atoms with Crippen molar-refractivity contribution in [2.24, 2.45) is 11.8 Å². The zero-order chi connectivity index (χ0) is 16.7. The average Bonchev–Trinajstić information content (AvgIpc) is 2.49. The number of piperidine rings is 1. The van der Waals surface area contributed by atoms with Gasteiger partial charge in [-0.3, -0.25) is 14.4 Å². The number of aliphatic hydroxyl groups excluding tert-OH is 2. The number of hydrogen-bond donors (Lipinski definition) is 4. The van der Waals surface area contributed by atoms with Gasteiger partial charge in [-0.25, -0.2) is 0 Å². The first-order chi connectivity index (χ1) is 10.4. The Morgan fingerprint density at radius 3 is 2.50 bits per heavy atom. The van der Waals surface area contributed by atoms with E-state index in [9.17, 15) is 19.5 Å². The molecular formula is C15H26N2O5. The highest BCUT2D eigenvalue weighted by Gasteiger charge is 2.31. The van der Waals surface area contributed by atoms with Crippen LogP contribution in [0, 0.1) is 11.8 Å². The molecule has 7 heteroatoms. The zero-order valence-corrected chi connectivity index (χ0v) is 13.2. The highest BCUT2D eigenvalue weighted by molar-refractivity contribution is 5.92. The van der Waals surface area contributed by atoms with Crippen molar-refractivity contribution in [3.8, 4) is 0 Å². The highest BCUT2D eigenvalue weighted by atomic mass is 16.3. The summed E-state index contributed by atoms with van der Waals surface area (Å²) in [7, 11) is 0. The average molecular weight is 314 g/mol. The van der Waals surface area contributed by atoms with Crippen molar-refractivity contribution in [3.63, 3.8) is 0 Å². The molecule has 0 radical (unpaired) electrons. The summed E-state index contributed by atoms with van der Waals surface area (Å²) in [4.78, 5) is 35.7. The van der Waals surface area contributed by atoms with Crippen molar-refractivity contribution in [1.29, 1.82) is 0 Å². The smallest absolute Gasteiger partial charge is 0.226 e. The van der Waals surface area contributed by atoms with E-state index in [1.54, 1.807) is 0 Å². The molecule has 0 spiro atoms. The molecule has 1 rings (SSSR count). The fourth-order valence-corrected chi connectivity index (χ4v) is 2.55. The number of carbonyl (C=O) groups is 3. The van der Waals surface area contributed by atoms with Crippen LogP contribution in [-0.4, -0.2) is 59.5 Å². The molecule has 1 aliphatic rings. The van der Waals surface area contributed by atoms with E-state index >= 15 is 0 Å². The molecule has 22 heavy (non-hydrogen) atoms. The molecule has 1 heterocycles. The SMILES string of the molecule is CC(=O)[C@@H](CO)NC(=O)[C@@H](CC(=O)[C@H]1CCCNC1)[C@H](C)O. The maximum atomic E-state index is 12.3. The molecule has 0 saturated carbocycles. The van der Waals surface area contributed by atoms with Crippen LogP contribution < -0.4 is 10.6 Å². The minimum atomic E-state index is -1.01. The summed E-state index contributed by atoms with van der Waals surface area (Å²) in [6.07, 6.45) is 0.629. The molecule has 4 atom stereocenters. The van der Waals surface area contributed by atoms with Crippen molar-refractivity contribution < 1.29 is 24.6 Å². The van der Waals surface area contributed by atoms with Gasteiger partial charge in [-0.2, -0.15) is 0 Å². The Hall–Kier alpha value is -1.31. The predicted octanol–water partition coefficient (Wildman–Crippen LogP) is -0.992. The molecule has 1 aliphatic heterocycles. The van der Waals surface area contributed by atoms with E-state index in [2.05, 4.69) is 10.6 Å². The van der Waals surface area contributed by atoms with Crippen LogP contribution in [-0.2, 0) is 14.4 Å². The fraction of sp³-hybridized carbons (Fsp3) is 0.800. The number of rotatable bonds is 8. The Morgan fingerprint density at radius 1 is 1.36 bits per heavy atom. The van der Waals surface area contributed by atoms with Gasteiger partial charge >= 0.3 is 0 Å². The molecule has 126 valence electrons. The van der Waals surface area contributed by atoms with Crippen LogP contribution in [0.3, 0.4) is 0 Å². The topological polar surface area (TPSA) is 116 Å². The normalized spacial score (nSPS) is 22.5. The molecular weight excluding hydrogens is 288 g/mol. The number of carbonyl (C=O) groups excluding carboxylic acids is 3. The van der Waals surface area contributed by atoms with Gasteiger partial charge in [0.1, 0.15) is 11.8 Å². The number of Topliss-reactive ketones (excluding diaryl/α,β-unsaturated/α-hetero) is 2. The molecule has 0 aliphatic carbocycles. The first kappa shape index (κ1) is 18.7. The van der Waals surface area contributed by atoms with Gasteiger partial charge in [-0.1, -0.05) is 0 Å². The van der Waals surface area contributed by atoms with Crippen molar-refractivity contribution in [1.82, 2.24) is 10.6 Å². The quantitative estimate of drug-likeness (QED) is 0.457. The lowest BCUT2D eigenvalue weighted by Crippen LogP contribution is -2.48. The monoisotopic (exact) mass is 314 g/mol. The molecule has 0 aromatic carbocycles. The minimum Gasteiger partial charge on any atom is -0.394 e. The number of hydrogen-bond acceptors (Lipinski definition) is 6. The van der Waals surface area contributed by atoms with E-state index in [1.807, 2.05) is 0 Å². The lowest BCUT2D eigenvalue weighted by atomic mass is 9.87. The lowest BCUT2D eigenvalue weighted by Gasteiger charge is -2.25. The van der Waals surface area contributed by atoms with E-state index in [4.69, 9.17) is 5.11 Å².